The lowest BCUT2D eigenvalue weighted by Crippen LogP contribution is -3.13. The molecule has 2 aromatic rings. The standard InChI is InChI=1S/C22H27NO2/c1-3-21(24)25-22(20-12-8-5-9-13-20)14-15-23(16-18(22)2)17-19-10-6-4-7-11-19/h4-13,18H,3,14-17H2,1-2H3/p+1/t18-,22-/m1/s1. The first-order valence-electron chi connectivity index (χ1n) is 9.29. The normalized spacial score (nSPS) is 26.2. The van der Waals surface area contributed by atoms with E-state index in [9.17, 15) is 4.79 Å². The van der Waals surface area contributed by atoms with E-state index in [1.54, 1.807) is 4.90 Å². The summed E-state index contributed by atoms with van der Waals surface area (Å²) >= 11 is 0. The smallest absolute Gasteiger partial charge is 0.306 e. The number of nitrogens with one attached hydrogen (secondary N) is 1. The van der Waals surface area contributed by atoms with Crippen molar-refractivity contribution < 1.29 is 14.4 Å². The van der Waals surface area contributed by atoms with Crippen LogP contribution >= 0.6 is 0 Å². The van der Waals surface area contributed by atoms with Crippen LogP contribution in [0, 0.1) is 5.92 Å². The van der Waals surface area contributed by atoms with Crippen molar-refractivity contribution in [3.05, 3.63) is 71.8 Å². The third-order valence-electron chi connectivity index (χ3n) is 5.38. The Kier molecular flexibility index (Phi) is 5.54. The van der Waals surface area contributed by atoms with Gasteiger partial charge in [-0.15, -0.1) is 0 Å². The van der Waals surface area contributed by atoms with Gasteiger partial charge in [-0.2, -0.15) is 0 Å². The summed E-state index contributed by atoms with van der Waals surface area (Å²) in [6.07, 6.45) is 1.29. The Bertz CT molecular complexity index is 686. The van der Waals surface area contributed by atoms with Crippen molar-refractivity contribution in [1.29, 1.82) is 0 Å². The van der Waals surface area contributed by atoms with Crippen molar-refractivity contribution in [3.8, 4) is 0 Å². The summed E-state index contributed by atoms with van der Waals surface area (Å²) in [5.41, 5.74) is 2.00. The van der Waals surface area contributed by atoms with Crippen LogP contribution in [0.3, 0.4) is 0 Å². The molecule has 0 radical (unpaired) electrons. The average molecular weight is 338 g/mol. The van der Waals surface area contributed by atoms with E-state index in [0.29, 0.717) is 6.42 Å². The summed E-state index contributed by atoms with van der Waals surface area (Å²) in [4.78, 5) is 13.7. The largest absolute Gasteiger partial charge is 0.453 e. The lowest BCUT2D eigenvalue weighted by Gasteiger charge is -2.44. The minimum absolute atomic E-state index is 0.109. The molecule has 0 bridgehead atoms. The molecule has 3 rings (SSSR count). The van der Waals surface area contributed by atoms with E-state index in [0.717, 1.165) is 31.6 Å². The number of carbonyl (C=O) groups is 1. The maximum absolute atomic E-state index is 12.1. The molecule has 3 nitrogen and oxygen atoms in total. The number of esters is 1. The molecule has 1 aliphatic heterocycles. The van der Waals surface area contributed by atoms with Crippen molar-refractivity contribution >= 4 is 5.97 Å². The van der Waals surface area contributed by atoms with Gasteiger partial charge in [0.15, 0.2) is 5.60 Å². The van der Waals surface area contributed by atoms with Gasteiger partial charge in [0.1, 0.15) is 6.54 Å². The highest BCUT2D eigenvalue weighted by molar-refractivity contribution is 5.69. The first-order valence-corrected chi connectivity index (χ1v) is 9.29. The highest BCUT2D eigenvalue weighted by Crippen LogP contribution is 2.38. The molecule has 1 heterocycles. The minimum Gasteiger partial charge on any atom is -0.453 e. The van der Waals surface area contributed by atoms with Crippen LogP contribution in [0.25, 0.3) is 0 Å². The van der Waals surface area contributed by atoms with Crippen LogP contribution in [0.1, 0.15) is 37.8 Å². The van der Waals surface area contributed by atoms with Gasteiger partial charge >= 0.3 is 5.97 Å². The van der Waals surface area contributed by atoms with Crippen LogP contribution in [0.15, 0.2) is 60.7 Å². The third kappa shape index (κ3) is 3.93. The van der Waals surface area contributed by atoms with Crippen LogP contribution in [-0.2, 0) is 21.7 Å². The summed E-state index contributed by atoms with van der Waals surface area (Å²) in [6.45, 7) is 7.12. The number of rotatable bonds is 5. The molecule has 1 unspecified atom stereocenters. The van der Waals surface area contributed by atoms with Crippen molar-refractivity contribution in [2.45, 2.75) is 38.8 Å². The van der Waals surface area contributed by atoms with Crippen LogP contribution in [0.4, 0.5) is 0 Å². The maximum atomic E-state index is 12.1. The number of likely N-dealkylation sites (tertiary alicyclic amines) is 1. The molecule has 25 heavy (non-hydrogen) atoms. The predicted octanol–water partition coefficient (Wildman–Crippen LogP) is 2.96. The fraction of sp³-hybridized carbons (Fsp3) is 0.409. The Balaban J connectivity index is 1.80. The second-order valence-electron chi connectivity index (χ2n) is 7.10. The summed E-state index contributed by atoms with van der Waals surface area (Å²) < 4.78 is 6.07. The maximum Gasteiger partial charge on any atom is 0.306 e. The molecule has 3 heteroatoms. The van der Waals surface area contributed by atoms with Crippen LogP contribution in [0.2, 0.25) is 0 Å². The van der Waals surface area contributed by atoms with E-state index in [4.69, 9.17) is 4.74 Å². The van der Waals surface area contributed by atoms with E-state index < -0.39 is 5.60 Å². The molecule has 2 aromatic carbocycles. The minimum atomic E-state index is -0.492. The molecule has 1 saturated heterocycles. The van der Waals surface area contributed by atoms with Crippen molar-refractivity contribution in [2.24, 2.45) is 5.92 Å². The fourth-order valence-electron chi connectivity index (χ4n) is 3.99. The number of carbonyl (C=O) groups excluding carboxylic acids is 1. The zero-order chi connectivity index (χ0) is 17.7. The summed E-state index contributed by atoms with van der Waals surface area (Å²) in [5.74, 6) is 0.167. The number of ether oxygens (including phenoxy) is 1. The Morgan fingerprint density at radius 3 is 2.36 bits per heavy atom. The van der Waals surface area contributed by atoms with Crippen LogP contribution < -0.4 is 4.90 Å². The molecule has 3 atom stereocenters. The van der Waals surface area contributed by atoms with E-state index in [1.165, 1.54) is 5.56 Å². The number of quaternary nitrogens is 1. The second kappa shape index (κ2) is 7.83. The van der Waals surface area contributed by atoms with Gasteiger partial charge in [0.2, 0.25) is 0 Å². The Labute approximate surface area is 150 Å². The molecular weight excluding hydrogens is 310 g/mol. The number of hydrogen-bond acceptors (Lipinski definition) is 2. The molecule has 0 amide bonds. The van der Waals surface area contributed by atoms with Gasteiger partial charge in [0, 0.05) is 24.3 Å². The summed E-state index contributed by atoms with van der Waals surface area (Å²) in [7, 11) is 0. The Morgan fingerprint density at radius 2 is 1.76 bits per heavy atom. The van der Waals surface area contributed by atoms with Crippen LogP contribution in [0.5, 0.6) is 0 Å². The topological polar surface area (TPSA) is 30.7 Å². The van der Waals surface area contributed by atoms with Gasteiger partial charge in [-0.3, -0.25) is 4.79 Å². The second-order valence-corrected chi connectivity index (χ2v) is 7.10. The zero-order valence-electron chi connectivity index (χ0n) is 15.2. The van der Waals surface area contributed by atoms with Gasteiger partial charge in [0.05, 0.1) is 13.1 Å². The van der Waals surface area contributed by atoms with Gasteiger partial charge < -0.3 is 9.64 Å². The third-order valence-corrected chi connectivity index (χ3v) is 5.38. The van der Waals surface area contributed by atoms with Gasteiger partial charge in [-0.25, -0.2) is 0 Å². The predicted molar refractivity (Wildman–Crippen MR) is 99.1 cm³/mol. The summed E-state index contributed by atoms with van der Waals surface area (Å²) in [6, 6.07) is 20.9. The fourth-order valence-corrected chi connectivity index (χ4v) is 3.99. The van der Waals surface area contributed by atoms with Gasteiger partial charge in [-0.05, 0) is 5.56 Å². The lowest BCUT2D eigenvalue weighted by atomic mass is 9.76. The molecule has 1 fully saturated rings. The van der Waals surface area contributed by atoms with Gasteiger partial charge in [-0.1, -0.05) is 74.5 Å². The van der Waals surface area contributed by atoms with Crippen molar-refractivity contribution in [2.75, 3.05) is 13.1 Å². The molecule has 0 spiro atoms. The quantitative estimate of drug-likeness (QED) is 0.850. The lowest BCUT2D eigenvalue weighted by molar-refractivity contribution is -0.925. The summed E-state index contributed by atoms with van der Waals surface area (Å²) in [5, 5.41) is 0. The first-order chi connectivity index (χ1) is 12.1. The van der Waals surface area contributed by atoms with Crippen molar-refractivity contribution in [1.82, 2.24) is 0 Å². The molecular formula is C22H28NO2+. The highest BCUT2D eigenvalue weighted by Gasteiger charge is 2.47. The molecule has 0 aliphatic carbocycles. The zero-order valence-corrected chi connectivity index (χ0v) is 15.2. The SMILES string of the molecule is CCC(=O)O[C@]1(c2ccccc2)CC[NH+](Cc2ccccc2)C[C@H]1C. The van der Waals surface area contributed by atoms with Gasteiger partial charge in [0.25, 0.3) is 0 Å². The Morgan fingerprint density at radius 1 is 1.12 bits per heavy atom. The molecule has 0 saturated carbocycles. The van der Waals surface area contributed by atoms with E-state index >= 15 is 0 Å². The van der Waals surface area contributed by atoms with Crippen LogP contribution in [-0.4, -0.2) is 19.1 Å². The molecule has 1 N–H and O–H groups in total. The molecule has 0 aromatic heterocycles. The number of benzene rings is 2. The van der Waals surface area contributed by atoms with E-state index in [1.807, 2.05) is 25.1 Å². The molecule has 132 valence electrons. The number of hydrogen-bond donors (Lipinski definition) is 1. The first kappa shape index (κ1) is 17.7. The van der Waals surface area contributed by atoms with Crippen molar-refractivity contribution in [3.63, 3.8) is 0 Å². The Hall–Kier alpha value is -2.13. The van der Waals surface area contributed by atoms with E-state index in [-0.39, 0.29) is 11.9 Å². The monoisotopic (exact) mass is 338 g/mol. The highest BCUT2D eigenvalue weighted by atomic mass is 16.6. The average Bonchev–Trinajstić information content (AvgIpc) is 2.65. The molecule has 1 aliphatic rings. The van der Waals surface area contributed by atoms with E-state index in [2.05, 4.69) is 49.4 Å². The number of piperidine rings is 1.